The zero-order valence-corrected chi connectivity index (χ0v) is 11.5. The quantitative estimate of drug-likeness (QED) is 0.583. The van der Waals surface area contributed by atoms with E-state index in [4.69, 9.17) is 0 Å². The van der Waals surface area contributed by atoms with Gasteiger partial charge in [-0.05, 0) is 43.7 Å². The van der Waals surface area contributed by atoms with Crippen LogP contribution in [0.15, 0.2) is 18.2 Å². The van der Waals surface area contributed by atoms with Gasteiger partial charge < -0.3 is 10.6 Å². The average molecular weight is 263 g/mol. The highest BCUT2D eigenvalue weighted by molar-refractivity contribution is 5.76. The molecule has 1 atom stereocenters. The van der Waals surface area contributed by atoms with Crippen LogP contribution in [0.4, 0.5) is 17.1 Å². The number of nitrogens with zero attached hydrogens (tertiary/aromatic N) is 1. The molecule has 1 aliphatic rings. The third-order valence-corrected chi connectivity index (χ3v) is 3.63. The number of nitrogens with one attached hydrogen (secondary N) is 2. The van der Waals surface area contributed by atoms with Gasteiger partial charge in [0.05, 0.1) is 4.92 Å². The molecule has 0 radical (unpaired) electrons. The van der Waals surface area contributed by atoms with Crippen LogP contribution in [0.5, 0.6) is 0 Å². The van der Waals surface area contributed by atoms with Gasteiger partial charge in [-0.25, -0.2) is 0 Å². The van der Waals surface area contributed by atoms with Crippen LogP contribution < -0.4 is 10.6 Å². The number of benzene rings is 1. The van der Waals surface area contributed by atoms with E-state index in [9.17, 15) is 10.1 Å². The van der Waals surface area contributed by atoms with E-state index in [1.54, 1.807) is 12.1 Å². The van der Waals surface area contributed by atoms with Gasteiger partial charge in [0.15, 0.2) is 0 Å². The first-order chi connectivity index (χ1) is 9.13. The Bertz CT molecular complexity index is 458. The number of rotatable bonds is 7. The first-order valence-electron chi connectivity index (χ1n) is 6.88. The fraction of sp³-hybridized carbons (Fsp3) is 0.571. The molecule has 1 aromatic rings. The topological polar surface area (TPSA) is 67.2 Å². The summed E-state index contributed by atoms with van der Waals surface area (Å²) in [5, 5.41) is 17.5. The fourth-order valence-electron chi connectivity index (χ4n) is 2.32. The SMILES string of the molecule is CCNc1cccc(NCC(C)C2CC2)c1[N+](=O)[O-]. The molecule has 1 aromatic carbocycles. The molecular formula is C14H21N3O2. The number of hydrogen-bond donors (Lipinski definition) is 2. The van der Waals surface area contributed by atoms with E-state index in [1.807, 2.05) is 13.0 Å². The highest BCUT2D eigenvalue weighted by Gasteiger charge is 2.28. The maximum Gasteiger partial charge on any atom is 0.315 e. The Kier molecular flexibility index (Phi) is 4.24. The molecule has 5 heteroatoms. The van der Waals surface area contributed by atoms with E-state index in [2.05, 4.69) is 17.6 Å². The van der Waals surface area contributed by atoms with Crippen LogP contribution >= 0.6 is 0 Å². The van der Waals surface area contributed by atoms with Gasteiger partial charge in [0.1, 0.15) is 11.4 Å². The van der Waals surface area contributed by atoms with E-state index in [1.165, 1.54) is 12.8 Å². The summed E-state index contributed by atoms with van der Waals surface area (Å²) < 4.78 is 0. The van der Waals surface area contributed by atoms with Gasteiger partial charge in [0.25, 0.3) is 0 Å². The highest BCUT2D eigenvalue weighted by atomic mass is 16.6. The van der Waals surface area contributed by atoms with Crippen molar-refractivity contribution in [3.05, 3.63) is 28.3 Å². The largest absolute Gasteiger partial charge is 0.380 e. The molecule has 2 N–H and O–H groups in total. The van der Waals surface area contributed by atoms with Crippen LogP contribution in [0.3, 0.4) is 0 Å². The minimum absolute atomic E-state index is 0.146. The van der Waals surface area contributed by atoms with Crippen LogP contribution in [-0.2, 0) is 0 Å². The summed E-state index contributed by atoms with van der Waals surface area (Å²) in [6.07, 6.45) is 2.59. The molecule has 0 amide bonds. The lowest BCUT2D eigenvalue weighted by molar-refractivity contribution is -0.383. The molecule has 5 nitrogen and oxygen atoms in total. The Labute approximate surface area is 113 Å². The number of anilines is 2. The molecule has 1 unspecified atom stereocenters. The van der Waals surface area contributed by atoms with Gasteiger partial charge in [0, 0.05) is 13.1 Å². The molecule has 0 saturated heterocycles. The van der Waals surface area contributed by atoms with Crippen molar-refractivity contribution in [2.45, 2.75) is 26.7 Å². The summed E-state index contributed by atoms with van der Waals surface area (Å²) in [5.41, 5.74) is 1.33. The summed E-state index contributed by atoms with van der Waals surface area (Å²) in [4.78, 5) is 10.9. The minimum Gasteiger partial charge on any atom is -0.380 e. The molecule has 1 saturated carbocycles. The molecule has 1 fully saturated rings. The third kappa shape index (κ3) is 3.36. The van der Waals surface area contributed by atoms with Crippen LogP contribution in [0.2, 0.25) is 0 Å². The van der Waals surface area contributed by atoms with E-state index in [0.717, 1.165) is 12.5 Å². The van der Waals surface area contributed by atoms with Gasteiger partial charge in [-0.2, -0.15) is 0 Å². The summed E-state index contributed by atoms with van der Waals surface area (Å²) in [6, 6.07) is 5.37. The maximum absolute atomic E-state index is 11.2. The van der Waals surface area contributed by atoms with E-state index < -0.39 is 0 Å². The van der Waals surface area contributed by atoms with Crippen LogP contribution in [0.1, 0.15) is 26.7 Å². The van der Waals surface area contributed by atoms with E-state index in [-0.39, 0.29) is 10.6 Å². The van der Waals surface area contributed by atoms with E-state index in [0.29, 0.717) is 23.8 Å². The zero-order valence-electron chi connectivity index (χ0n) is 11.5. The lowest BCUT2D eigenvalue weighted by Gasteiger charge is -2.14. The summed E-state index contributed by atoms with van der Waals surface area (Å²) in [6.45, 7) is 5.59. The number of nitro groups is 1. The second-order valence-corrected chi connectivity index (χ2v) is 5.18. The smallest absolute Gasteiger partial charge is 0.315 e. The molecule has 104 valence electrons. The number of para-hydroxylation sites is 1. The number of hydrogen-bond acceptors (Lipinski definition) is 4. The summed E-state index contributed by atoms with van der Waals surface area (Å²) in [7, 11) is 0. The molecule has 1 aliphatic carbocycles. The maximum atomic E-state index is 11.2. The normalized spacial score (nSPS) is 15.9. The molecule has 19 heavy (non-hydrogen) atoms. The Hall–Kier alpha value is -1.78. The third-order valence-electron chi connectivity index (χ3n) is 3.63. The Morgan fingerprint density at radius 1 is 1.37 bits per heavy atom. The molecule has 0 bridgehead atoms. The number of nitro benzene ring substituents is 1. The minimum atomic E-state index is -0.317. The van der Waals surface area contributed by atoms with Gasteiger partial charge in [0.2, 0.25) is 0 Å². The standard InChI is InChI=1S/C14H21N3O2/c1-3-15-12-5-4-6-13(14(12)17(18)19)16-9-10(2)11-7-8-11/h4-6,10-11,15-16H,3,7-9H2,1-2H3. The van der Waals surface area contributed by atoms with Crippen LogP contribution in [-0.4, -0.2) is 18.0 Å². The van der Waals surface area contributed by atoms with Crippen LogP contribution in [0.25, 0.3) is 0 Å². The Morgan fingerprint density at radius 3 is 2.53 bits per heavy atom. The lowest BCUT2D eigenvalue weighted by atomic mass is 10.1. The Morgan fingerprint density at radius 2 is 2.00 bits per heavy atom. The second-order valence-electron chi connectivity index (χ2n) is 5.18. The van der Waals surface area contributed by atoms with Crippen molar-refractivity contribution in [2.24, 2.45) is 11.8 Å². The second kappa shape index (κ2) is 5.91. The van der Waals surface area contributed by atoms with Crippen molar-refractivity contribution in [2.75, 3.05) is 23.7 Å². The lowest BCUT2D eigenvalue weighted by Crippen LogP contribution is -2.14. The van der Waals surface area contributed by atoms with Crippen molar-refractivity contribution >= 4 is 17.1 Å². The first kappa shape index (κ1) is 13.6. The van der Waals surface area contributed by atoms with Crippen molar-refractivity contribution in [3.63, 3.8) is 0 Å². The van der Waals surface area contributed by atoms with Crippen molar-refractivity contribution in [3.8, 4) is 0 Å². The highest BCUT2D eigenvalue weighted by Crippen LogP contribution is 2.38. The first-order valence-corrected chi connectivity index (χ1v) is 6.88. The molecule has 0 heterocycles. The summed E-state index contributed by atoms with van der Waals surface area (Å²) >= 11 is 0. The van der Waals surface area contributed by atoms with Gasteiger partial charge in [-0.15, -0.1) is 0 Å². The van der Waals surface area contributed by atoms with Gasteiger partial charge >= 0.3 is 5.69 Å². The predicted octanol–water partition coefficient (Wildman–Crippen LogP) is 3.48. The summed E-state index contributed by atoms with van der Waals surface area (Å²) in [5.74, 6) is 1.37. The molecule has 2 rings (SSSR count). The monoisotopic (exact) mass is 263 g/mol. The van der Waals surface area contributed by atoms with E-state index >= 15 is 0 Å². The van der Waals surface area contributed by atoms with Gasteiger partial charge in [-0.1, -0.05) is 13.0 Å². The van der Waals surface area contributed by atoms with Crippen molar-refractivity contribution in [1.29, 1.82) is 0 Å². The van der Waals surface area contributed by atoms with Gasteiger partial charge in [-0.3, -0.25) is 10.1 Å². The molecular weight excluding hydrogens is 242 g/mol. The van der Waals surface area contributed by atoms with Crippen molar-refractivity contribution < 1.29 is 4.92 Å². The zero-order chi connectivity index (χ0) is 13.8. The van der Waals surface area contributed by atoms with Crippen LogP contribution in [0, 0.1) is 22.0 Å². The predicted molar refractivity (Wildman–Crippen MR) is 77.6 cm³/mol. The van der Waals surface area contributed by atoms with Crippen molar-refractivity contribution in [1.82, 2.24) is 0 Å². The Balaban J connectivity index is 2.13. The fourth-order valence-corrected chi connectivity index (χ4v) is 2.32. The molecule has 0 aromatic heterocycles. The molecule has 0 aliphatic heterocycles. The average Bonchev–Trinajstić information content (AvgIpc) is 3.20. The molecule has 0 spiro atoms.